The third kappa shape index (κ3) is 4.06. The molecule has 1 N–H and O–H groups in total. The van der Waals surface area contributed by atoms with Crippen LogP contribution in [0.25, 0.3) is 0 Å². The van der Waals surface area contributed by atoms with Crippen molar-refractivity contribution in [2.45, 2.75) is 18.4 Å². The first-order valence-electron chi connectivity index (χ1n) is 7.69. The van der Waals surface area contributed by atoms with E-state index in [0.29, 0.717) is 12.2 Å². The number of nitro benzene ring substituents is 1. The molecule has 0 atom stereocenters. The van der Waals surface area contributed by atoms with Gasteiger partial charge in [-0.15, -0.1) is 0 Å². The van der Waals surface area contributed by atoms with Gasteiger partial charge < -0.3 is 0 Å². The molecule has 0 fully saturated rings. The van der Waals surface area contributed by atoms with Crippen molar-refractivity contribution >= 4 is 21.4 Å². The van der Waals surface area contributed by atoms with Crippen molar-refractivity contribution in [1.82, 2.24) is 9.78 Å². The monoisotopic (exact) mass is 372 g/mol. The molecule has 3 aromatic rings. The third-order valence-corrected chi connectivity index (χ3v) is 5.11. The molecule has 0 aliphatic carbocycles. The number of sulfonamides is 1. The van der Waals surface area contributed by atoms with E-state index in [1.165, 1.54) is 18.3 Å². The van der Waals surface area contributed by atoms with Gasteiger partial charge in [0.2, 0.25) is 0 Å². The van der Waals surface area contributed by atoms with Crippen molar-refractivity contribution in [1.29, 1.82) is 0 Å². The van der Waals surface area contributed by atoms with Gasteiger partial charge in [0.1, 0.15) is 0 Å². The van der Waals surface area contributed by atoms with E-state index < -0.39 is 14.9 Å². The molecule has 0 radical (unpaired) electrons. The Kier molecular flexibility index (Phi) is 4.72. The lowest BCUT2D eigenvalue weighted by atomic mass is 10.1. The largest absolute Gasteiger partial charge is 0.276 e. The number of aryl methyl sites for hydroxylation is 1. The molecule has 0 bridgehead atoms. The molecule has 0 unspecified atom stereocenters. The van der Waals surface area contributed by atoms with Gasteiger partial charge in [-0.05, 0) is 24.6 Å². The highest BCUT2D eigenvalue weighted by molar-refractivity contribution is 7.92. The van der Waals surface area contributed by atoms with Gasteiger partial charge in [-0.1, -0.05) is 29.8 Å². The van der Waals surface area contributed by atoms with Crippen molar-refractivity contribution in [3.63, 3.8) is 0 Å². The van der Waals surface area contributed by atoms with Crippen LogP contribution in [0.15, 0.2) is 65.8 Å². The summed E-state index contributed by atoms with van der Waals surface area (Å²) in [6, 6.07) is 12.6. The Balaban J connectivity index is 1.73. The fourth-order valence-corrected chi connectivity index (χ4v) is 3.37. The molecule has 9 heteroatoms. The molecule has 2 aromatic carbocycles. The first kappa shape index (κ1) is 17.6. The molecule has 1 aromatic heterocycles. The first-order valence-corrected chi connectivity index (χ1v) is 9.17. The zero-order chi connectivity index (χ0) is 18.7. The van der Waals surface area contributed by atoms with E-state index in [1.807, 2.05) is 31.2 Å². The lowest BCUT2D eigenvalue weighted by Gasteiger charge is -2.05. The molecule has 0 saturated heterocycles. The second-order valence-electron chi connectivity index (χ2n) is 5.77. The van der Waals surface area contributed by atoms with Crippen LogP contribution in [-0.2, 0) is 16.6 Å². The quantitative estimate of drug-likeness (QED) is 0.529. The summed E-state index contributed by atoms with van der Waals surface area (Å²) >= 11 is 0. The van der Waals surface area contributed by atoms with Crippen LogP contribution < -0.4 is 4.72 Å². The van der Waals surface area contributed by atoms with Gasteiger partial charge in [-0.2, -0.15) is 5.10 Å². The zero-order valence-corrected chi connectivity index (χ0v) is 14.7. The number of rotatable bonds is 6. The first-order chi connectivity index (χ1) is 12.3. The number of nitro groups is 1. The van der Waals surface area contributed by atoms with Crippen molar-refractivity contribution in [2.24, 2.45) is 0 Å². The van der Waals surface area contributed by atoms with Crippen molar-refractivity contribution in [2.75, 3.05) is 4.72 Å². The Labute approximate surface area is 150 Å². The summed E-state index contributed by atoms with van der Waals surface area (Å²) in [6.45, 7) is 2.52. The van der Waals surface area contributed by atoms with E-state index in [0.717, 1.165) is 23.3 Å². The van der Waals surface area contributed by atoms with Crippen LogP contribution in [-0.4, -0.2) is 23.1 Å². The summed E-state index contributed by atoms with van der Waals surface area (Å²) in [4.78, 5) is 10.0. The van der Waals surface area contributed by atoms with Gasteiger partial charge in [-0.25, -0.2) is 8.42 Å². The molecule has 26 heavy (non-hydrogen) atoms. The minimum atomic E-state index is -3.85. The van der Waals surface area contributed by atoms with E-state index in [4.69, 9.17) is 0 Å². The SMILES string of the molecule is Cc1ccc(Cn2cc(NS(=O)(=O)c3ccc([N+](=O)[O-])cc3)cn2)cc1. The van der Waals surface area contributed by atoms with Gasteiger partial charge in [0.15, 0.2) is 0 Å². The lowest BCUT2D eigenvalue weighted by Crippen LogP contribution is -2.12. The summed E-state index contributed by atoms with van der Waals surface area (Å²) in [5.41, 5.74) is 2.35. The van der Waals surface area contributed by atoms with Crippen LogP contribution in [0.2, 0.25) is 0 Å². The minimum Gasteiger partial charge on any atom is -0.276 e. The van der Waals surface area contributed by atoms with Crippen LogP contribution >= 0.6 is 0 Å². The zero-order valence-electron chi connectivity index (χ0n) is 13.9. The molecule has 0 aliphatic rings. The Bertz CT molecular complexity index is 1030. The van der Waals surface area contributed by atoms with Crippen LogP contribution in [0.5, 0.6) is 0 Å². The topological polar surface area (TPSA) is 107 Å². The molecular formula is C17H16N4O4S. The second-order valence-corrected chi connectivity index (χ2v) is 7.45. The molecule has 0 amide bonds. The third-order valence-electron chi connectivity index (χ3n) is 3.71. The van der Waals surface area contributed by atoms with E-state index in [9.17, 15) is 18.5 Å². The molecular weight excluding hydrogens is 356 g/mol. The van der Waals surface area contributed by atoms with Crippen LogP contribution in [0.1, 0.15) is 11.1 Å². The number of hydrogen-bond donors (Lipinski definition) is 1. The maximum atomic E-state index is 12.4. The van der Waals surface area contributed by atoms with Gasteiger partial charge in [0.05, 0.1) is 28.2 Å². The second kappa shape index (κ2) is 6.96. The van der Waals surface area contributed by atoms with E-state index in [2.05, 4.69) is 9.82 Å². The van der Waals surface area contributed by atoms with Crippen LogP contribution in [0.4, 0.5) is 11.4 Å². The van der Waals surface area contributed by atoms with Gasteiger partial charge in [0, 0.05) is 18.3 Å². The highest BCUT2D eigenvalue weighted by Crippen LogP contribution is 2.19. The van der Waals surface area contributed by atoms with Crippen molar-refractivity contribution < 1.29 is 13.3 Å². The average Bonchev–Trinajstić information content (AvgIpc) is 3.03. The fourth-order valence-electron chi connectivity index (χ4n) is 2.34. The van der Waals surface area contributed by atoms with Crippen LogP contribution in [0.3, 0.4) is 0 Å². The summed E-state index contributed by atoms with van der Waals surface area (Å²) in [5.74, 6) is 0. The number of benzene rings is 2. The molecule has 0 saturated carbocycles. The molecule has 1 heterocycles. The normalized spacial score (nSPS) is 11.3. The molecule has 0 aliphatic heterocycles. The summed E-state index contributed by atoms with van der Waals surface area (Å²) in [7, 11) is -3.85. The Morgan fingerprint density at radius 1 is 1.12 bits per heavy atom. The van der Waals surface area contributed by atoms with E-state index in [-0.39, 0.29) is 10.6 Å². The summed E-state index contributed by atoms with van der Waals surface area (Å²) in [6.07, 6.45) is 3.00. The van der Waals surface area contributed by atoms with Gasteiger partial charge in [0.25, 0.3) is 15.7 Å². The predicted octanol–water partition coefficient (Wildman–Crippen LogP) is 2.95. The number of nitrogens with zero attached hydrogens (tertiary/aromatic N) is 3. The lowest BCUT2D eigenvalue weighted by molar-refractivity contribution is -0.384. The highest BCUT2D eigenvalue weighted by atomic mass is 32.2. The van der Waals surface area contributed by atoms with Crippen LogP contribution in [0, 0.1) is 17.0 Å². The van der Waals surface area contributed by atoms with E-state index in [1.54, 1.807) is 10.9 Å². The minimum absolute atomic E-state index is 0.0608. The molecule has 134 valence electrons. The van der Waals surface area contributed by atoms with Crippen molar-refractivity contribution in [3.8, 4) is 0 Å². The number of hydrogen-bond acceptors (Lipinski definition) is 5. The highest BCUT2D eigenvalue weighted by Gasteiger charge is 2.16. The standard InChI is InChI=1S/C17H16N4O4S/c1-13-2-4-14(5-3-13)11-20-12-15(10-18-20)19-26(24,25)17-8-6-16(7-9-17)21(22)23/h2-10,12,19H,11H2,1H3. The molecule has 3 rings (SSSR count). The summed E-state index contributed by atoms with van der Waals surface area (Å²) in [5, 5.41) is 14.8. The van der Waals surface area contributed by atoms with Crippen molar-refractivity contribution in [3.05, 3.63) is 82.2 Å². The number of non-ortho nitro benzene ring substituents is 1. The predicted molar refractivity (Wildman–Crippen MR) is 96.4 cm³/mol. The summed E-state index contributed by atoms with van der Waals surface area (Å²) < 4.78 is 28.8. The maximum Gasteiger partial charge on any atom is 0.269 e. The number of nitrogens with one attached hydrogen (secondary N) is 1. The molecule has 8 nitrogen and oxygen atoms in total. The smallest absolute Gasteiger partial charge is 0.269 e. The number of aromatic nitrogens is 2. The number of anilines is 1. The Hall–Kier alpha value is -3.20. The van der Waals surface area contributed by atoms with Gasteiger partial charge in [-0.3, -0.25) is 19.5 Å². The molecule has 0 spiro atoms. The average molecular weight is 372 g/mol. The fraction of sp³-hybridized carbons (Fsp3) is 0.118. The van der Waals surface area contributed by atoms with Gasteiger partial charge >= 0.3 is 0 Å². The van der Waals surface area contributed by atoms with E-state index >= 15 is 0 Å². The maximum absolute atomic E-state index is 12.4. The Morgan fingerprint density at radius 2 is 1.77 bits per heavy atom. The Morgan fingerprint density at radius 3 is 2.38 bits per heavy atom.